The number of rotatable bonds is 8. The monoisotopic (exact) mass is 479 g/mol. The fraction of sp³-hybridized carbons (Fsp3) is 0.222. The van der Waals surface area contributed by atoms with Crippen molar-refractivity contribution in [3.63, 3.8) is 0 Å². The summed E-state index contributed by atoms with van der Waals surface area (Å²) in [6, 6.07) is 19.2. The summed E-state index contributed by atoms with van der Waals surface area (Å²) in [5, 5.41) is 14.8. The van der Waals surface area contributed by atoms with E-state index in [0.717, 1.165) is 24.2 Å². The Balaban J connectivity index is 1.37. The molecule has 0 atom stereocenters. The van der Waals surface area contributed by atoms with Gasteiger partial charge < -0.3 is 15.4 Å². The third-order valence-corrected chi connectivity index (χ3v) is 6.03. The number of nitrogens with two attached hydrogens (primary N) is 1. The molecule has 36 heavy (non-hydrogen) atoms. The quantitative estimate of drug-likeness (QED) is 0.297. The van der Waals surface area contributed by atoms with Gasteiger partial charge in [-0.25, -0.2) is 14.6 Å². The van der Waals surface area contributed by atoms with Gasteiger partial charge in [-0.2, -0.15) is 10.4 Å². The Bertz CT molecular complexity index is 1470. The van der Waals surface area contributed by atoms with Crippen LogP contribution in [0.1, 0.15) is 12.8 Å². The summed E-state index contributed by atoms with van der Waals surface area (Å²) >= 11 is 0. The summed E-state index contributed by atoms with van der Waals surface area (Å²) in [7, 11) is 1.68. The van der Waals surface area contributed by atoms with E-state index in [2.05, 4.69) is 9.97 Å². The lowest BCUT2D eigenvalue weighted by Crippen LogP contribution is -2.31. The molecule has 4 aromatic rings. The molecule has 0 spiro atoms. The SMILES string of the molecule is CN(CCn1nc(-c2ccc(Oc3ccccc3)cc2)c2c(N)ncnc21)C(=O)/C(C#N)=C\C1CC1. The molecular formula is C27H25N7O2. The van der Waals surface area contributed by atoms with E-state index in [4.69, 9.17) is 15.6 Å². The molecule has 2 aromatic heterocycles. The third-order valence-electron chi connectivity index (χ3n) is 6.03. The topological polar surface area (TPSA) is 123 Å². The number of anilines is 1. The minimum atomic E-state index is -0.288. The lowest BCUT2D eigenvalue weighted by atomic mass is 10.1. The number of nitriles is 1. The molecule has 2 heterocycles. The molecule has 180 valence electrons. The van der Waals surface area contributed by atoms with Crippen molar-refractivity contribution in [2.24, 2.45) is 5.92 Å². The van der Waals surface area contributed by atoms with E-state index in [1.54, 1.807) is 17.8 Å². The molecule has 0 aliphatic heterocycles. The van der Waals surface area contributed by atoms with Gasteiger partial charge in [-0.1, -0.05) is 24.3 Å². The minimum Gasteiger partial charge on any atom is -0.457 e. The predicted molar refractivity (Wildman–Crippen MR) is 136 cm³/mol. The zero-order valence-electron chi connectivity index (χ0n) is 19.8. The van der Waals surface area contributed by atoms with Gasteiger partial charge in [-0.3, -0.25) is 4.79 Å². The number of hydrogen-bond donors (Lipinski definition) is 1. The van der Waals surface area contributed by atoms with E-state index in [0.29, 0.717) is 47.3 Å². The van der Waals surface area contributed by atoms with Crippen molar-refractivity contribution in [2.45, 2.75) is 19.4 Å². The van der Waals surface area contributed by atoms with Crippen molar-refractivity contribution < 1.29 is 9.53 Å². The number of para-hydroxylation sites is 1. The van der Waals surface area contributed by atoms with Gasteiger partial charge in [0.25, 0.3) is 5.91 Å². The average Bonchev–Trinajstić information content (AvgIpc) is 3.65. The summed E-state index contributed by atoms with van der Waals surface area (Å²) in [6.45, 7) is 0.735. The van der Waals surface area contributed by atoms with Crippen LogP contribution in [0.4, 0.5) is 5.82 Å². The largest absolute Gasteiger partial charge is 0.457 e. The summed E-state index contributed by atoms with van der Waals surface area (Å²) in [5.41, 5.74) is 8.47. The molecule has 9 heteroatoms. The van der Waals surface area contributed by atoms with E-state index in [1.807, 2.05) is 60.7 Å². The van der Waals surface area contributed by atoms with E-state index in [-0.39, 0.29) is 11.5 Å². The van der Waals surface area contributed by atoms with Gasteiger partial charge in [0, 0.05) is 19.2 Å². The normalized spacial score (nSPS) is 13.4. The van der Waals surface area contributed by atoms with Crippen LogP contribution in [-0.2, 0) is 11.3 Å². The highest BCUT2D eigenvalue weighted by Crippen LogP contribution is 2.33. The fourth-order valence-corrected chi connectivity index (χ4v) is 3.90. The Morgan fingerprint density at radius 3 is 2.58 bits per heavy atom. The van der Waals surface area contributed by atoms with Crippen LogP contribution in [0.2, 0.25) is 0 Å². The number of nitrogens with zero attached hydrogens (tertiary/aromatic N) is 6. The number of nitrogen functional groups attached to an aromatic ring is 1. The van der Waals surface area contributed by atoms with Crippen LogP contribution in [-0.4, -0.2) is 44.1 Å². The van der Waals surface area contributed by atoms with E-state index >= 15 is 0 Å². The summed E-state index contributed by atoms with van der Waals surface area (Å²) in [4.78, 5) is 22.8. The van der Waals surface area contributed by atoms with Crippen molar-refractivity contribution in [2.75, 3.05) is 19.3 Å². The molecule has 1 amide bonds. The fourth-order valence-electron chi connectivity index (χ4n) is 3.90. The van der Waals surface area contributed by atoms with Gasteiger partial charge in [0.1, 0.15) is 41.0 Å². The van der Waals surface area contributed by atoms with Crippen LogP contribution in [0.15, 0.2) is 72.6 Å². The molecule has 0 radical (unpaired) electrons. The first-order valence-electron chi connectivity index (χ1n) is 11.7. The number of likely N-dealkylation sites (N-methyl/N-ethyl adjacent to an activating group) is 1. The van der Waals surface area contributed by atoms with Crippen molar-refractivity contribution in [3.8, 4) is 28.8 Å². The van der Waals surface area contributed by atoms with Gasteiger partial charge in [-0.15, -0.1) is 0 Å². The van der Waals surface area contributed by atoms with Crippen molar-refractivity contribution in [1.29, 1.82) is 5.26 Å². The molecule has 1 aliphatic rings. The van der Waals surface area contributed by atoms with Crippen LogP contribution in [0.5, 0.6) is 11.5 Å². The maximum absolute atomic E-state index is 12.7. The average molecular weight is 480 g/mol. The van der Waals surface area contributed by atoms with Gasteiger partial charge >= 0.3 is 0 Å². The molecule has 2 aromatic carbocycles. The number of amides is 1. The Morgan fingerprint density at radius 1 is 1.17 bits per heavy atom. The highest BCUT2D eigenvalue weighted by atomic mass is 16.5. The number of fused-ring (bicyclic) bond motifs is 1. The highest BCUT2D eigenvalue weighted by Gasteiger charge is 2.24. The smallest absolute Gasteiger partial charge is 0.263 e. The molecule has 5 rings (SSSR count). The Hall–Kier alpha value is -4.71. The maximum Gasteiger partial charge on any atom is 0.263 e. The van der Waals surface area contributed by atoms with Gasteiger partial charge in [-0.05, 0) is 55.2 Å². The summed E-state index contributed by atoms with van der Waals surface area (Å²) in [6.07, 6.45) is 5.24. The second-order valence-corrected chi connectivity index (χ2v) is 8.73. The van der Waals surface area contributed by atoms with Crippen LogP contribution < -0.4 is 10.5 Å². The van der Waals surface area contributed by atoms with Crippen molar-refractivity contribution in [1.82, 2.24) is 24.6 Å². The number of allylic oxidation sites excluding steroid dienone is 1. The Labute approximate surface area is 208 Å². The summed E-state index contributed by atoms with van der Waals surface area (Å²) in [5.74, 6) is 1.84. The third kappa shape index (κ3) is 4.88. The van der Waals surface area contributed by atoms with Gasteiger partial charge in [0.05, 0.1) is 11.9 Å². The minimum absolute atomic E-state index is 0.190. The number of hydrogen-bond acceptors (Lipinski definition) is 7. The van der Waals surface area contributed by atoms with Crippen LogP contribution >= 0.6 is 0 Å². The number of aromatic nitrogens is 4. The van der Waals surface area contributed by atoms with Gasteiger partial charge in [0.15, 0.2) is 5.65 Å². The summed E-state index contributed by atoms with van der Waals surface area (Å²) < 4.78 is 7.61. The Kier molecular flexibility index (Phi) is 6.33. The number of ether oxygens (including phenoxy) is 1. The lowest BCUT2D eigenvalue weighted by Gasteiger charge is -2.16. The van der Waals surface area contributed by atoms with E-state index in [1.165, 1.54) is 11.2 Å². The molecule has 1 aliphatic carbocycles. The highest BCUT2D eigenvalue weighted by molar-refractivity contribution is 5.98. The maximum atomic E-state index is 12.7. The van der Waals surface area contributed by atoms with Crippen LogP contribution in [0, 0.1) is 17.2 Å². The molecule has 2 N–H and O–H groups in total. The van der Waals surface area contributed by atoms with E-state index < -0.39 is 0 Å². The zero-order chi connectivity index (χ0) is 25.1. The Morgan fingerprint density at radius 2 is 1.89 bits per heavy atom. The first kappa shape index (κ1) is 23.1. The zero-order valence-corrected chi connectivity index (χ0v) is 19.8. The lowest BCUT2D eigenvalue weighted by molar-refractivity contribution is -0.125. The van der Waals surface area contributed by atoms with Crippen LogP contribution in [0.3, 0.4) is 0 Å². The molecule has 0 bridgehead atoms. The molecule has 0 unspecified atom stereocenters. The second-order valence-electron chi connectivity index (χ2n) is 8.73. The molecule has 0 saturated heterocycles. The first-order chi connectivity index (χ1) is 17.5. The number of carbonyl (C=O) groups excluding carboxylic acids is 1. The number of benzene rings is 2. The van der Waals surface area contributed by atoms with Crippen LogP contribution in [0.25, 0.3) is 22.3 Å². The first-order valence-corrected chi connectivity index (χ1v) is 11.7. The van der Waals surface area contributed by atoms with Gasteiger partial charge in [0.2, 0.25) is 0 Å². The van der Waals surface area contributed by atoms with E-state index in [9.17, 15) is 10.1 Å². The number of carbonyl (C=O) groups is 1. The predicted octanol–water partition coefficient (Wildman–Crippen LogP) is 4.19. The standard InChI is InChI=1S/C27H25N7O2/c1-33(27(35)20(16-28)15-18-7-8-18)13-14-34-26-23(25(29)30-17-31-26)24(32-34)19-9-11-22(12-10-19)36-21-5-3-2-4-6-21/h2-6,9-12,15,17-18H,7-8,13-14H2,1H3,(H2,29,30,31)/b20-15-. The van der Waals surface area contributed by atoms with Crippen molar-refractivity contribution >= 4 is 22.8 Å². The molecular weight excluding hydrogens is 454 g/mol. The molecule has 9 nitrogen and oxygen atoms in total. The van der Waals surface area contributed by atoms with Crippen molar-refractivity contribution in [3.05, 3.63) is 72.6 Å². The second kappa shape index (κ2) is 9.88. The molecule has 1 saturated carbocycles. The molecule has 1 fully saturated rings.